The molecule has 98 valence electrons. The Labute approximate surface area is 107 Å². The van der Waals surface area contributed by atoms with Gasteiger partial charge in [-0.25, -0.2) is 4.39 Å². The van der Waals surface area contributed by atoms with Gasteiger partial charge in [-0.05, 0) is 44.9 Å². The molecule has 0 amide bonds. The third-order valence-corrected chi connectivity index (χ3v) is 3.31. The summed E-state index contributed by atoms with van der Waals surface area (Å²) in [6.07, 6.45) is 4.01. The van der Waals surface area contributed by atoms with Crippen LogP contribution in [0.3, 0.4) is 0 Å². The molecule has 3 heteroatoms. The van der Waals surface area contributed by atoms with Crippen molar-refractivity contribution in [2.75, 3.05) is 0 Å². The molecule has 0 atom stereocenters. The lowest BCUT2D eigenvalue weighted by molar-refractivity contribution is 0.0922. The van der Waals surface area contributed by atoms with Gasteiger partial charge in [0.05, 0.1) is 6.10 Å². The summed E-state index contributed by atoms with van der Waals surface area (Å²) in [6, 6.07) is 4.53. The first-order valence-corrected chi connectivity index (χ1v) is 6.58. The standard InChI is InChI=1S/C15H19FO2/c1-10(2)18-14-8-7-12(9-13(14)16)15(17)11-5-3-4-6-11/h7-11H,3-6H2,1-2H3. The Morgan fingerprint density at radius 2 is 2.00 bits per heavy atom. The summed E-state index contributed by atoms with van der Waals surface area (Å²) in [7, 11) is 0. The summed E-state index contributed by atoms with van der Waals surface area (Å²) >= 11 is 0. The Morgan fingerprint density at radius 3 is 2.56 bits per heavy atom. The van der Waals surface area contributed by atoms with Gasteiger partial charge in [0, 0.05) is 11.5 Å². The Morgan fingerprint density at radius 1 is 1.33 bits per heavy atom. The van der Waals surface area contributed by atoms with Crippen molar-refractivity contribution in [2.45, 2.75) is 45.6 Å². The Bertz CT molecular complexity index is 434. The van der Waals surface area contributed by atoms with Crippen molar-refractivity contribution in [3.05, 3.63) is 29.6 Å². The molecule has 18 heavy (non-hydrogen) atoms. The second kappa shape index (κ2) is 5.51. The number of rotatable bonds is 4. The second-order valence-corrected chi connectivity index (χ2v) is 5.16. The van der Waals surface area contributed by atoms with Crippen LogP contribution in [0.2, 0.25) is 0 Å². The molecule has 2 nitrogen and oxygen atoms in total. The quantitative estimate of drug-likeness (QED) is 0.755. The topological polar surface area (TPSA) is 26.3 Å². The van der Waals surface area contributed by atoms with Crippen molar-refractivity contribution in [3.8, 4) is 5.75 Å². The largest absolute Gasteiger partial charge is 0.488 e. The first-order chi connectivity index (χ1) is 8.58. The maximum Gasteiger partial charge on any atom is 0.166 e. The van der Waals surface area contributed by atoms with Crippen LogP contribution in [0.1, 0.15) is 49.9 Å². The average Bonchev–Trinajstić information content (AvgIpc) is 2.84. The van der Waals surface area contributed by atoms with Crippen LogP contribution in [0, 0.1) is 11.7 Å². The lowest BCUT2D eigenvalue weighted by Gasteiger charge is -2.12. The highest BCUT2D eigenvalue weighted by molar-refractivity contribution is 5.98. The summed E-state index contributed by atoms with van der Waals surface area (Å²) in [6.45, 7) is 3.69. The number of Topliss-reactive ketones (excluding diaryl/α,β-unsaturated/α-hetero) is 1. The number of carbonyl (C=O) groups excluding carboxylic acids is 1. The van der Waals surface area contributed by atoms with Crippen LogP contribution in [-0.2, 0) is 0 Å². The average molecular weight is 250 g/mol. The predicted octanol–water partition coefficient (Wildman–Crippen LogP) is 3.99. The maximum absolute atomic E-state index is 13.8. The molecule has 1 aliphatic rings. The van der Waals surface area contributed by atoms with E-state index in [1.807, 2.05) is 13.8 Å². The molecule has 0 bridgehead atoms. The first kappa shape index (κ1) is 13.1. The highest BCUT2D eigenvalue weighted by Gasteiger charge is 2.24. The summed E-state index contributed by atoms with van der Waals surface area (Å²) in [5, 5.41) is 0. The Kier molecular flexibility index (Phi) is 4.00. The summed E-state index contributed by atoms with van der Waals surface area (Å²) in [4.78, 5) is 12.1. The van der Waals surface area contributed by atoms with Gasteiger partial charge in [0.15, 0.2) is 17.3 Å². The van der Waals surface area contributed by atoms with Crippen LogP contribution >= 0.6 is 0 Å². The van der Waals surface area contributed by atoms with Gasteiger partial charge >= 0.3 is 0 Å². The zero-order chi connectivity index (χ0) is 13.1. The van der Waals surface area contributed by atoms with E-state index in [4.69, 9.17) is 4.74 Å². The number of hydrogen-bond donors (Lipinski definition) is 0. The first-order valence-electron chi connectivity index (χ1n) is 6.58. The SMILES string of the molecule is CC(C)Oc1ccc(C(=O)C2CCCC2)cc1F. The van der Waals surface area contributed by atoms with Crippen LogP contribution < -0.4 is 4.74 Å². The van der Waals surface area contributed by atoms with E-state index >= 15 is 0 Å². The van der Waals surface area contributed by atoms with E-state index < -0.39 is 5.82 Å². The third kappa shape index (κ3) is 2.89. The lowest BCUT2D eigenvalue weighted by Crippen LogP contribution is -2.12. The van der Waals surface area contributed by atoms with Crippen molar-refractivity contribution >= 4 is 5.78 Å². The Balaban J connectivity index is 2.15. The fraction of sp³-hybridized carbons (Fsp3) is 0.533. The minimum Gasteiger partial charge on any atom is -0.488 e. The van der Waals surface area contributed by atoms with Crippen molar-refractivity contribution in [2.24, 2.45) is 5.92 Å². The van der Waals surface area contributed by atoms with Crippen molar-refractivity contribution in [1.82, 2.24) is 0 Å². The molecule has 0 radical (unpaired) electrons. The van der Waals surface area contributed by atoms with Gasteiger partial charge in [0.25, 0.3) is 0 Å². The van der Waals surface area contributed by atoms with E-state index in [9.17, 15) is 9.18 Å². The molecule has 1 saturated carbocycles. The van der Waals surface area contributed by atoms with Gasteiger partial charge < -0.3 is 4.74 Å². The van der Waals surface area contributed by atoms with E-state index in [1.165, 1.54) is 6.07 Å². The van der Waals surface area contributed by atoms with Crippen LogP contribution in [-0.4, -0.2) is 11.9 Å². The molecule has 0 heterocycles. The monoisotopic (exact) mass is 250 g/mol. The van der Waals surface area contributed by atoms with Gasteiger partial charge in [-0.1, -0.05) is 12.8 Å². The molecule has 0 aromatic heterocycles. The molecule has 0 saturated heterocycles. The molecular formula is C15H19FO2. The fourth-order valence-electron chi connectivity index (χ4n) is 2.43. The second-order valence-electron chi connectivity index (χ2n) is 5.16. The number of carbonyl (C=O) groups is 1. The van der Waals surface area contributed by atoms with Crippen molar-refractivity contribution in [1.29, 1.82) is 0 Å². The summed E-state index contributed by atoms with van der Waals surface area (Å²) < 4.78 is 19.1. The zero-order valence-corrected chi connectivity index (χ0v) is 10.9. The van der Waals surface area contributed by atoms with Gasteiger partial charge in [-0.2, -0.15) is 0 Å². The van der Waals surface area contributed by atoms with E-state index in [-0.39, 0.29) is 23.6 Å². The molecule has 2 rings (SSSR count). The van der Waals surface area contributed by atoms with E-state index in [1.54, 1.807) is 12.1 Å². The third-order valence-electron chi connectivity index (χ3n) is 3.31. The summed E-state index contributed by atoms with van der Waals surface area (Å²) in [5.74, 6) is -0.0794. The van der Waals surface area contributed by atoms with Crippen LogP contribution in [0.25, 0.3) is 0 Å². The molecule has 0 unspecified atom stereocenters. The van der Waals surface area contributed by atoms with E-state index in [0.29, 0.717) is 5.56 Å². The zero-order valence-electron chi connectivity index (χ0n) is 10.9. The number of benzene rings is 1. The van der Waals surface area contributed by atoms with Gasteiger partial charge in [-0.15, -0.1) is 0 Å². The number of hydrogen-bond acceptors (Lipinski definition) is 2. The van der Waals surface area contributed by atoms with E-state index in [0.717, 1.165) is 25.7 Å². The summed E-state index contributed by atoms with van der Waals surface area (Å²) in [5.41, 5.74) is 0.468. The molecule has 0 aliphatic heterocycles. The number of halogens is 1. The van der Waals surface area contributed by atoms with Crippen LogP contribution in [0.5, 0.6) is 5.75 Å². The smallest absolute Gasteiger partial charge is 0.166 e. The minimum atomic E-state index is -0.451. The highest BCUT2D eigenvalue weighted by atomic mass is 19.1. The maximum atomic E-state index is 13.8. The molecule has 1 aromatic carbocycles. The van der Waals surface area contributed by atoms with Crippen LogP contribution in [0.4, 0.5) is 4.39 Å². The molecular weight excluding hydrogens is 231 g/mol. The number of ketones is 1. The van der Waals surface area contributed by atoms with Crippen molar-refractivity contribution in [3.63, 3.8) is 0 Å². The van der Waals surface area contributed by atoms with Gasteiger partial charge in [-0.3, -0.25) is 4.79 Å². The van der Waals surface area contributed by atoms with Gasteiger partial charge in [0.1, 0.15) is 0 Å². The molecule has 0 spiro atoms. The highest BCUT2D eigenvalue weighted by Crippen LogP contribution is 2.29. The van der Waals surface area contributed by atoms with Crippen molar-refractivity contribution < 1.29 is 13.9 Å². The Hall–Kier alpha value is -1.38. The number of ether oxygens (including phenoxy) is 1. The molecule has 1 aliphatic carbocycles. The molecule has 1 fully saturated rings. The predicted molar refractivity (Wildman–Crippen MR) is 68.5 cm³/mol. The minimum absolute atomic E-state index is 0.0718. The molecule has 1 aromatic rings. The van der Waals surface area contributed by atoms with E-state index in [2.05, 4.69) is 0 Å². The molecule has 0 N–H and O–H groups in total. The fourth-order valence-corrected chi connectivity index (χ4v) is 2.43. The normalized spacial score (nSPS) is 16.2. The van der Waals surface area contributed by atoms with Gasteiger partial charge in [0.2, 0.25) is 0 Å². The lowest BCUT2D eigenvalue weighted by atomic mass is 9.96. The van der Waals surface area contributed by atoms with Crippen LogP contribution in [0.15, 0.2) is 18.2 Å².